The van der Waals surface area contributed by atoms with Crippen molar-refractivity contribution >= 4 is 15.7 Å². The van der Waals surface area contributed by atoms with Crippen LogP contribution in [0.5, 0.6) is 0 Å². The van der Waals surface area contributed by atoms with E-state index in [1.807, 2.05) is 32.0 Å². The molecule has 0 radical (unpaired) electrons. The smallest absolute Gasteiger partial charge is 0.234 e. The molecular formula is C12H20N2O2S. The van der Waals surface area contributed by atoms with Crippen molar-refractivity contribution in [2.24, 2.45) is 5.73 Å². The lowest BCUT2D eigenvalue weighted by atomic mass is 10.1. The van der Waals surface area contributed by atoms with E-state index < -0.39 is 10.0 Å². The van der Waals surface area contributed by atoms with Crippen molar-refractivity contribution in [3.05, 3.63) is 29.3 Å². The second kappa shape index (κ2) is 5.51. The molecule has 0 fully saturated rings. The molecule has 0 saturated heterocycles. The highest BCUT2D eigenvalue weighted by molar-refractivity contribution is 7.92. The van der Waals surface area contributed by atoms with Crippen LogP contribution in [0, 0.1) is 13.8 Å². The summed E-state index contributed by atoms with van der Waals surface area (Å²) in [4.78, 5) is 0. The van der Waals surface area contributed by atoms with E-state index in [4.69, 9.17) is 5.73 Å². The van der Waals surface area contributed by atoms with Crippen molar-refractivity contribution in [2.75, 3.05) is 23.1 Å². The van der Waals surface area contributed by atoms with Crippen molar-refractivity contribution in [1.29, 1.82) is 0 Å². The van der Waals surface area contributed by atoms with Crippen molar-refractivity contribution < 1.29 is 8.42 Å². The molecule has 0 heterocycles. The van der Waals surface area contributed by atoms with Crippen LogP contribution in [0.3, 0.4) is 0 Å². The monoisotopic (exact) mass is 256 g/mol. The zero-order chi connectivity index (χ0) is 13.1. The molecule has 0 unspecified atom stereocenters. The minimum atomic E-state index is -3.26. The molecule has 17 heavy (non-hydrogen) atoms. The van der Waals surface area contributed by atoms with Gasteiger partial charge in [-0.25, -0.2) is 8.42 Å². The third-order valence-corrected chi connectivity index (χ3v) is 4.32. The number of nitrogens with zero attached hydrogens (tertiary/aromatic N) is 1. The number of hydrogen-bond acceptors (Lipinski definition) is 3. The molecule has 2 N–H and O–H groups in total. The molecule has 5 heteroatoms. The number of hydrogen-bond donors (Lipinski definition) is 1. The summed E-state index contributed by atoms with van der Waals surface area (Å²) in [5, 5.41) is 0. The number of aryl methyl sites for hydroxylation is 2. The average Bonchev–Trinajstić information content (AvgIpc) is 2.24. The fourth-order valence-corrected chi connectivity index (χ4v) is 2.92. The second-order valence-electron chi connectivity index (χ2n) is 4.11. The van der Waals surface area contributed by atoms with Crippen LogP contribution in [-0.2, 0) is 10.0 Å². The predicted octanol–water partition coefficient (Wildman–Crippen LogP) is 1.42. The van der Waals surface area contributed by atoms with Crippen LogP contribution in [0.15, 0.2) is 18.2 Å². The van der Waals surface area contributed by atoms with Gasteiger partial charge in [0.2, 0.25) is 10.0 Å². The van der Waals surface area contributed by atoms with Gasteiger partial charge in [0, 0.05) is 13.1 Å². The molecule has 0 aliphatic carbocycles. The number of nitrogens with two attached hydrogens (primary N) is 1. The highest BCUT2D eigenvalue weighted by atomic mass is 32.2. The lowest BCUT2D eigenvalue weighted by Gasteiger charge is -2.24. The summed E-state index contributed by atoms with van der Waals surface area (Å²) in [6.45, 7) is 6.18. The summed E-state index contributed by atoms with van der Waals surface area (Å²) >= 11 is 0. The molecule has 96 valence electrons. The second-order valence-corrected chi connectivity index (χ2v) is 6.29. The molecule has 1 aromatic carbocycles. The number of sulfonamides is 1. The highest BCUT2D eigenvalue weighted by Gasteiger charge is 2.19. The van der Waals surface area contributed by atoms with Gasteiger partial charge in [-0.2, -0.15) is 0 Å². The van der Waals surface area contributed by atoms with Gasteiger partial charge < -0.3 is 5.73 Å². The predicted molar refractivity (Wildman–Crippen MR) is 71.8 cm³/mol. The lowest BCUT2D eigenvalue weighted by Crippen LogP contribution is -2.36. The molecule has 0 aliphatic rings. The third kappa shape index (κ3) is 3.44. The largest absolute Gasteiger partial charge is 0.329 e. The summed E-state index contributed by atoms with van der Waals surface area (Å²) in [7, 11) is -3.26. The van der Waals surface area contributed by atoms with Crippen LogP contribution in [-0.4, -0.2) is 27.3 Å². The molecule has 0 aliphatic heterocycles. The maximum absolute atomic E-state index is 12.0. The summed E-state index contributed by atoms with van der Waals surface area (Å²) in [6.07, 6.45) is 0. The molecule has 4 nitrogen and oxygen atoms in total. The van der Waals surface area contributed by atoms with E-state index >= 15 is 0 Å². The highest BCUT2D eigenvalue weighted by Crippen LogP contribution is 2.21. The molecule has 0 atom stereocenters. The van der Waals surface area contributed by atoms with E-state index in [1.165, 1.54) is 4.31 Å². The van der Waals surface area contributed by atoms with Gasteiger partial charge in [0.15, 0.2) is 0 Å². The normalized spacial score (nSPS) is 11.5. The summed E-state index contributed by atoms with van der Waals surface area (Å²) in [5.74, 6) is 0.0833. The summed E-state index contributed by atoms with van der Waals surface area (Å²) in [5.41, 5.74) is 8.29. The van der Waals surface area contributed by atoms with Crippen LogP contribution in [0.25, 0.3) is 0 Å². The van der Waals surface area contributed by atoms with Crippen molar-refractivity contribution in [3.8, 4) is 0 Å². The van der Waals surface area contributed by atoms with E-state index in [-0.39, 0.29) is 5.75 Å². The van der Waals surface area contributed by atoms with E-state index in [2.05, 4.69) is 0 Å². The van der Waals surface area contributed by atoms with Crippen LogP contribution in [0.1, 0.15) is 18.1 Å². The molecule has 0 bridgehead atoms. The Morgan fingerprint density at radius 3 is 2.12 bits per heavy atom. The van der Waals surface area contributed by atoms with Gasteiger partial charge in [0.05, 0.1) is 11.4 Å². The molecule has 0 aromatic heterocycles. The maximum Gasteiger partial charge on any atom is 0.234 e. The van der Waals surface area contributed by atoms with Crippen molar-refractivity contribution in [1.82, 2.24) is 0 Å². The van der Waals surface area contributed by atoms with Gasteiger partial charge >= 0.3 is 0 Å². The van der Waals surface area contributed by atoms with Crippen LogP contribution in [0.4, 0.5) is 5.69 Å². The Morgan fingerprint density at radius 2 is 1.71 bits per heavy atom. The van der Waals surface area contributed by atoms with E-state index in [0.717, 1.165) is 11.1 Å². The first-order valence-corrected chi connectivity index (χ1v) is 7.30. The number of benzene rings is 1. The average molecular weight is 256 g/mol. The Morgan fingerprint density at radius 1 is 1.18 bits per heavy atom. The van der Waals surface area contributed by atoms with Crippen LogP contribution >= 0.6 is 0 Å². The van der Waals surface area contributed by atoms with Gasteiger partial charge in [-0.1, -0.05) is 6.07 Å². The number of rotatable bonds is 5. The molecule has 0 saturated carbocycles. The summed E-state index contributed by atoms with van der Waals surface area (Å²) < 4.78 is 25.4. The quantitative estimate of drug-likeness (QED) is 0.866. The Kier molecular flexibility index (Phi) is 4.54. The summed E-state index contributed by atoms with van der Waals surface area (Å²) in [6, 6.07) is 5.76. The molecule has 0 spiro atoms. The zero-order valence-corrected chi connectivity index (χ0v) is 11.4. The Labute approximate surface area is 103 Å². The Hall–Kier alpha value is -1.07. The molecule has 0 amide bonds. The molecule has 1 rings (SSSR count). The number of anilines is 1. The molecular weight excluding hydrogens is 236 g/mol. The van der Waals surface area contributed by atoms with Crippen LogP contribution in [0.2, 0.25) is 0 Å². The zero-order valence-electron chi connectivity index (χ0n) is 10.6. The fourth-order valence-electron chi connectivity index (χ4n) is 1.80. The van der Waals surface area contributed by atoms with Crippen molar-refractivity contribution in [2.45, 2.75) is 20.8 Å². The SMILES string of the molecule is CCS(=O)(=O)N(CCN)c1cc(C)cc(C)c1. The minimum Gasteiger partial charge on any atom is -0.329 e. The fraction of sp³-hybridized carbons (Fsp3) is 0.500. The minimum absolute atomic E-state index is 0.0833. The Balaban J connectivity index is 3.23. The molecule has 1 aromatic rings. The topological polar surface area (TPSA) is 63.4 Å². The van der Waals surface area contributed by atoms with Gasteiger partial charge in [-0.3, -0.25) is 4.31 Å². The van der Waals surface area contributed by atoms with Gasteiger partial charge in [-0.15, -0.1) is 0 Å². The Bertz CT molecular complexity index is 463. The maximum atomic E-state index is 12.0. The van der Waals surface area contributed by atoms with E-state index in [0.29, 0.717) is 18.8 Å². The van der Waals surface area contributed by atoms with Gasteiger partial charge in [-0.05, 0) is 44.0 Å². The lowest BCUT2D eigenvalue weighted by molar-refractivity contribution is 0.592. The van der Waals surface area contributed by atoms with E-state index in [9.17, 15) is 8.42 Å². The van der Waals surface area contributed by atoms with Gasteiger partial charge in [0.25, 0.3) is 0 Å². The van der Waals surface area contributed by atoms with E-state index in [1.54, 1.807) is 6.92 Å². The van der Waals surface area contributed by atoms with Crippen LogP contribution < -0.4 is 10.0 Å². The third-order valence-electron chi connectivity index (χ3n) is 2.53. The first kappa shape index (κ1) is 14.0. The van der Waals surface area contributed by atoms with Gasteiger partial charge in [0.1, 0.15) is 0 Å². The first-order valence-electron chi connectivity index (χ1n) is 5.69. The van der Waals surface area contributed by atoms with Crippen molar-refractivity contribution in [3.63, 3.8) is 0 Å². The standard InChI is InChI=1S/C12H20N2O2S/c1-4-17(15,16)14(6-5-13)12-8-10(2)7-11(3)9-12/h7-9H,4-6,13H2,1-3H3. The first-order chi connectivity index (χ1) is 7.90.